The Kier molecular flexibility index (Phi) is 5.52. The molecule has 0 radical (unpaired) electrons. The molecule has 1 aromatic rings. The number of benzene rings is 1. The normalized spacial score (nSPS) is 23.6. The van der Waals surface area contributed by atoms with E-state index < -0.39 is 0 Å². The molecule has 2 N–H and O–H groups in total. The number of hydrogen-bond acceptors (Lipinski definition) is 3. The molecule has 3 nitrogen and oxygen atoms in total. The zero-order chi connectivity index (χ0) is 15.2. The highest BCUT2D eigenvalue weighted by Crippen LogP contribution is 2.23. The maximum Gasteiger partial charge on any atom is 0.0564 e. The van der Waals surface area contributed by atoms with E-state index in [4.69, 9.17) is 0 Å². The first kappa shape index (κ1) is 15.6. The molecular weight excluding hydrogens is 272 g/mol. The third kappa shape index (κ3) is 4.34. The highest BCUT2D eigenvalue weighted by atomic mass is 16.3. The second kappa shape index (κ2) is 7.80. The van der Waals surface area contributed by atoms with Gasteiger partial charge in [0, 0.05) is 31.9 Å². The number of piperidine rings is 1. The lowest BCUT2D eigenvalue weighted by atomic mass is 9.94. The number of aliphatic hydroxyl groups is 1. The van der Waals surface area contributed by atoms with E-state index in [1.807, 2.05) is 0 Å². The second-order valence-electron chi connectivity index (χ2n) is 6.70. The van der Waals surface area contributed by atoms with E-state index >= 15 is 0 Å². The van der Waals surface area contributed by atoms with Crippen LogP contribution in [0.3, 0.4) is 0 Å². The lowest BCUT2D eigenvalue weighted by molar-refractivity contribution is 0.0793. The van der Waals surface area contributed by atoms with Crippen molar-refractivity contribution in [3.8, 4) is 0 Å². The summed E-state index contributed by atoms with van der Waals surface area (Å²) >= 11 is 0. The van der Waals surface area contributed by atoms with Gasteiger partial charge in [-0.05, 0) is 49.7 Å². The molecule has 0 aromatic heterocycles. The fourth-order valence-electron chi connectivity index (χ4n) is 3.44. The number of likely N-dealkylation sites (tertiary alicyclic amines) is 1. The van der Waals surface area contributed by atoms with Gasteiger partial charge in [0.15, 0.2) is 0 Å². The Morgan fingerprint density at radius 2 is 1.91 bits per heavy atom. The molecule has 0 bridgehead atoms. The van der Waals surface area contributed by atoms with Gasteiger partial charge in [-0.3, -0.25) is 4.90 Å². The Bertz CT molecular complexity index is 492. The molecule has 1 saturated heterocycles. The predicted molar refractivity (Wildman–Crippen MR) is 91.9 cm³/mol. The van der Waals surface area contributed by atoms with Gasteiger partial charge in [0.25, 0.3) is 0 Å². The number of hydrogen-bond donors (Lipinski definition) is 2. The van der Waals surface area contributed by atoms with E-state index in [1.165, 1.54) is 30.5 Å². The highest BCUT2D eigenvalue weighted by molar-refractivity contribution is 5.51. The molecule has 1 unspecified atom stereocenters. The van der Waals surface area contributed by atoms with E-state index in [-0.39, 0.29) is 6.10 Å². The molecular formula is C19H28N2O. The van der Waals surface area contributed by atoms with Gasteiger partial charge < -0.3 is 10.4 Å². The molecule has 1 aliphatic heterocycles. The minimum atomic E-state index is -0.0935. The van der Waals surface area contributed by atoms with Gasteiger partial charge in [0.05, 0.1) is 6.10 Å². The Labute approximate surface area is 134 Å². The topological polar surface area (TPSA) is 35.5 Å². The van der Waals surface area contributed by atoms with E-state index in [0.29, 0.717) is 0 Å². The summed E-state index contributed by atoms with van der Waals surface area (Å²) in [6, 6.07) is 8.68. The molecule has 3 rings (SSSR count). The lowest BCUT2D eigenvalue weighted by Crippen LogP contribution is -2.35. The van der Waals surface area contributed by atoms with Crippen LogP contribution in [-0.4, -0.2) is 35.7 Å². The summed E-state index contributed by atoms with van der Waals surface area (Å²) in [7, 11) is 0. The van der Waals surface area contributed by atoms with Gasteiger partial charge >= 0.3 is 0 Å². The van der Waals surface area contributed by atoms with E-state index in [2.05, 4.69) is 46.6 Å². The summed E-state index contributed by atoms with van der Waals surface area (Å²) in [6.45, 7) is 4.06. The summed E-state index contributed by atoms with van der Waals surface area (Å²) in [4.78, 5) is 2.45. The van der Waals surface area contributed by atoms with Crippen LogP contribution >= 0.6 is 0 Å². The molecule has 3 heteroatoms. The van der Waals surface area contributed by atoms with Crippen LogP contribution in [0.1, 0.15) is 37.7 Å². The van der Waals surface area contributed by atoms with Crippen LogP contribution in [0.5, 0.6) is 0 Å². The van der Waals surface area contributed by atoms with Crippen LogP contribution in [0.4, 0.5) is 5.69 Å². The predicted octanol–water partition coefficient (Wildman–Crippen LogP) is 3.41. The standard InChI is InChI=1S/C19H28N2O/c22-18-10-12-21(13-11-18)15-17-8-4-5-9-19(17)20-14-16-6-2-1-3-7-16/h1-2,4-5,8-9,16,18,20,22H,3,6-7,10-15H2. The van der Waals surface area contributed by atoms with Crippen LogP contribution in [-0.2, 0) is 6.54 Å². The van der Waals surface area contributed by atoms with Crippen molar-refractivity contribution < 1.29 is 5.11 Å². The molecule has 120 valence electrons. The van der Waals surface area contributed by atoms with Crippen LogP contribution in [0.25, 0.3) is 0 Å². The first-order valence-corrected chi connectivity index (χ1v) is 8.68. The highest BCUT2D eigenvalue weighted by Gasteiger charge is 2.18. The maximum atomic E-state index is 9.63. The van der Waals surface area contributed by atoms with Crippen molar-refractivity contribution in [3.63, 3.8) is 0 Å². The number of anilines is 1. The fraction of sp³-hybridized carbons (Fsp3) is 0.579. The fourth-order valence-corrected chi connectivity index (χ4v) is 3.44. The molecule has 1 fully saturated rings. The zero-order valence-electron chi connectivity index (χ0n) is 13.4. The van der Waals surface area contributed by atoms with Gasteiger partial charge in [-0.25, -0.2) is 0 Å². The number of para-hydroxylation sites is 1. The summed E-state index contributed by atoms with van der Waals surface area (Å²) in [5.74, 6) is 0.767. The van der Waals surface area contributed by atoms with Crippen LogP contribution in [0.15, 0.2) is 36.4 Å². The van der Waals surface area contributed by atoms with E-state index in [1.54, 1.807) is 0 Å². The minimum absolute atomic E-state index is 0.0935. The van der Waals surface area contributed by atoms with Crippen molar-refractivity contribution in [1.29, 1.82) is 0 Å². The quantitative estimate of drug-likeness (QED) is 0.818. The van der Waals surface area contributed by atoms with Gasteiger partial charge in [0.2, 0.25) is 0 Å². The smallest absolute Gasteiger partial charge is 0.0564 e. The van der Waals surface area contributed by atoms with Gasteiger partial charge in [-0.2, -0.15) is 0 Å². The SMILES string of the molecule is OC1CCN(Cc2ccccc2NCC2CC=CCC2)CC1. The average Bonchev–Trinajstić information content (AvgIpc) is 2.57. The largest absolute Gasteiger partial charge is 0.393 e. The van der Waals surface area contributed by atoms with Crippen LogP contribution in [0, 0.1) is 5.92 Å². The molecule has 1 aliphatic carbocycles. The Morgan fingerprint density at radius 1 is 1.09 bits per heavy atom. The van der Waals surface area contributed by atoms with Crippen LogP contribution < -0.4 is 5.32 Å². The van der Waals surface area contributed by atoms with E-state index in [9.17, 15) is 5.11 Å². The van der Waals surface area contributed by atoms with Crippen molar-refractivity contribution in [2.75, 3.05) is 25.0 Å². The number of nitrogens with one attached hydrogen (secondary N) is 1. The van der Waals surface area contributed by atoms with Gasteiger partial charge in [0.1, 0.15) is 0 Å². The van der Waals surface area contributed by atoms with Gasteiger partial charge in [-0.15, -0.1) is 0 Å². The minimum Gasteiger partial charge on any atom is -0.393 e. The van der Waals surface area contributed by atoms with Crippen molar-refractivity contribution in [2.45, 2.75) is 44.8 Å². The molecule has 0 spiro atoms. The molecule has 1 heterocycles. The molecule has 2 aliphatic rings. The maximum absolute atomic E-state index is 9.63. The molecule has 0 saturated carbocycles. The van der Waals surface area contributed by atoms with E-state index in [0.717, 1.165) is 44.9 Å². The monoisotopic (exact) mass is 300 g/mol. The van der Waals surface area contributed by atoms with Crippen molar-refractivity contribution in [1.82, 2.24) is 4.90 Å². The Hall–Kier alpha value is -1.32. The summed E-state index contributed by atoms with van der Waals surface area (Å²) in [5.41, 5.74) is 2.66. The Morgan fingerprint density at radius 3 is 2.68 bits per heavy atom. The molecule has 0 amide bonds. The number of aliphatic hydroxyl groups excluding tert-OH is 1. The lowest BCUT2D eigenvalue weighted by Gasteiger charge is -2.30. The summed E-state index contributed by atoms with van der Waals surface area (Å²) in [5, 5.41) is 13.3. The van der Waals surface area contributed by atoms with Gasteiger partial charge in [-0.1, -0.05) is 30.4 Å². The number of nitrogens with zero attached hydrogens (tertiary/aromatic N) is 1. The number of allylic oxidation sites excluding steroid dienone is 2. The van der Waals surface area contributed by atoms with Crippen molar-refractivity contribution in [2.24, 2.45) is 5.92 Å². The molecule has 1 atom stereocenters. The molecule has 1 aromatic carbocycles. The third-order valence-corrected chi connectivity index (χ3v) is 4.93. The Balaban J connectivity index is 1.56. The average molecular weight is 300 g/mol. The first-order chi connectivity index (χ1) is 10.8. The van der Waals surface area contributed by atoms with Crippen molar-refractivity contribution in [3.05, 3.63) is 42.0 Å². The van der Waals surface area contributed by atoms with Crippen molar-refractivity contribution >= 4 is 5.69 Å². The zero-order valence-corrected chi connectivity index (χ0v) is 13.4. The first-order valence-electron chi connectivity index (χ1n) is 8.68. The molecule has 22 heavy (non-hydrogen) atoms. The third-order valence-electron chi connectivity index (χ3n) is 4.93. The second-order valence-corrected chi connectivity index (χ2v) is 6.70. The summed E-state index contributed by atoms with van der Waals surface area (Å²) < 4.78 is 0. The summed E-state index contributed by atoms with van der Waals surface area (Å²) in [6.07, 6.45) is 10.1. The van der Waals surface area contributed by atoms with Crippen LogP contribution in [0.2, 0.25) is 0 Å². The number of rotatable bonds is 5.